The maximum Gasteiger partial charge on any atom is 0.318 e. The van der Waals surface area contributed by atoms with E-state index in [-0.39, 0.29) is 23.6 Å². The number of carbonyl (C=O) groups is 1. The van der Waals surface area contributed by atoms with Crippen molar-refractivity contribution in [3.63, 3.8) is 0 Å². The molecule has 0 spiro atoms. The number of anilines is 2. The summed E-state index contributed by atoms with van der Waals surface area (Å²) < 4.78 is 23.0. The first kappa shape index (κ1) is 16.3. The van der Waals surface area contributed by atoms with E-state index in [1.165, 1.54) is 0 Å². The summed E-state index contributed by atoms with van der Waals surface area (Å²) >= 11 is 0. The Morgan fingerprint density at radius 1 is 1.20 bits per heavy atom. The van der Waals surface area contributed by atoms with Crippen LogP contribution < -0.4 is 16.0 Å². The Hall–Kier alpha value is -1.76. The lowest BCUT2D eigenvalue weighted by molar-refractivity contribution is 0.254. The quantitative estimate of drug-likeness (QED) is 0.745. The van der Waals surface area contributed by atoms with Crippen LogP contribution in [0.25, 0.3) is 0 Å². The Kier molecular flexibility index (Phi) is 5.82. The van der Waals surface area contributed by atoms with Gasteiger partial charge in [-0.3, -0.25) is 0 Å². The van der Waals surface area contributed by atoms with Crippen molar-refractivity contribution in [3.8, 4) is 0 Å². The molecule has 20 heavy (non-hydrogen) atoms. The van der Waals surface area contributed by atoms with Gasteiger partial charge in [0.05, 0.1) is 5.75 Å². The normalized spacial score (nSPS) is 12.6. The van der Waals surface area contributed by atoms with Gasteiger partial charge in [0.15, 0.2) is 9.84 Å². The molecule has 0 aliphatic rings. The number of sulfone groups is 1. The zero-order valence-electron chi connectivity index (χ0n) is 11.9. The van der Waals surface area contributed by atoms with Gasteiger partial charge in [-0.05, 0) is 31.2 Å². The third kappa shape index (κ3) is 5.48. The lowest BCUT2D eigenvalue weighted by Gasteiger charge is -2.15. The van der Waals surface area contributed by atoms with E-state index < -0.39 is 9.84 Å². The first-order chi connectivity index (χ1) is 9.36. The molecule has 3 N–H and O–H groups in total. The fourth-order valence-corrected chi connectivity index (χ4v) is 2.75. The molecule has 0 aliphatic heterocycles. The molecule has 1 aromatic rings. The zero-order valence-corrected chi connectivity index (χ0v) is 12.8. The van der Waals surface area contributed by atoms with Crippen molar-refractivity contribution in [2.24, 2.45) is 0 Å². The summed E-state index contributed by atoms with van der Waals surface area (Å²) in [6.07, 6.45) is 0. The van der Waals surface area contributed by atoms with E-state index in [0.29, 0.717) is 5.69 Å². The van der Waals surface area contributed by atoms with Gasteiger partial charge in [-0.15, -0.1) is 0 Å². The molecule has 0 aliphatic carbocycles. The molecule has 1 rings (SSSR count). The molecule has 0 aromatic heterocycles. The third-order valence-corrected chi connectivity index (χ3v) is 4.61. The minimum atomic E-state index is -2.99. The van der Waals surface area contributed by atoms with E-state index in [1.807, 2.05) is 6.92 Å². The van der Waals surface area contributed by atoms with Crippen LogP contribution in [0.3, 0.4) is 0 Å². The average molecular weight is 299 g/mol. The summed E-state index contributed by atoms with van der Waals surface area (Å²) in [5.41, 5.74) is 1.48. The zero-order chi connectivity index (χ0) is 15.2. The van der Waals surface area contributed by atoms with Crippen molar-refractivity contribution >= 4 is 27.2 Å². The highest BCUT2D eigenvalue weighted by molar-refractivity contribution is 7.91. The maximum atomic E-state index is 11.5. The number of hydrogen-bond acceptors (Lipinski definition) is 4. The number of urea groups is 1. The molecule has 0 saturated carbocycles. The van der Waals surface area contributed by atoms with Crippen LogP contribution in [0, 0.1) is 0 Å². The smallest absolute Gasteiger partial charge is 0.318 e. The second kappa shape index (κ2) is 7.14. The molecule has 0 saturated heterocycles. The molecule has 1 atom stereocenters. The minimum absolute atomic E-state index is 0.0990. The van der Waals surface area contributed by atoms with E-state index in [2.05, 4.69) is 16.0 Å². The van der Waals surface area contributed by atoms with Crippen LogP contribution in [0.4, 0.5) is 16.2 Å². The number of nitrogens with one attached hydrogen (secondary N) is 3. The first-order valence-electron chi connectivity index (χ1n) is 6.42. The second-order valence-electron chi connectivity index (χ2n) is 4.53. The molecule has 7 heteroatoms. The Balaban J connectivity index is 2.59. The number of amides is 2. The summed E-state index contributed by atoms with van der Waals surface area (Å²) in [5.74, 6) is 0.246. The average Bonchev–Trinajstić information content (AvgIpc) is 2.40. The van der Waals surface area contributed by atoms with Crippen molar-refractivity contribution in [2.75, 3.05) is 29.2 Å². The highest BCUT2D eigenvalue weighted by Gasteiger charge is 2.13. The van der Waals surface area contributed by atoms with Gasteiger partial charge in [0, 0.05) is 30.2 Å². The van der Waals surface area contributed by atoms with Gasteiger partial charge in [0.25, 0.3) is 0 Å². The molecule has 1 unspecified atom stereocenters. The lowest BCUT2D eigenvalue weighted by atomic mass is 10.2. The van der Waals surface area contributed by atoms with Gasteiger partial charge in [0.1, 0.15) is 0 Å². The minimum Gasteiger partial charge on any atom is -0.382 e. The summed E-state index contributed by atoms with van der Waals surface area (Å²) in [5, 5.41) is 8.23. The molecular formula is C13H21N3O3S. The SMILES string of the molecule is CCS(=O)(=O)CC(C)Nc1ccc(NC(=O)NC)cc1. The van der Waals surface area contributed by atoms with Crippen LogP contribution in [0.2, 0.25) is 0 Å². The van der Waals surface area contributed by atoms with E-state index in [0.717, 1.165) is 5.69 Å². The van der Waals surface area contributed by atoms with Crippen LogP contribution in [0.1, 0.15) is 13.8 Å². The molecule has 0 fully saturated rings. The van der Waals surface area contributed by atoms with Gasteiger partial charge in [-0.1, -0.05) is 6.92 Å². The van der Waals surface area contributed by atoms with Crippen LogP contribution >= 0.6 is 0 Å². The van der Waals surface area contributed by atoms with Gasteiger partial charge in [0.2, 0.25) is 0 Å². The predicted octanol–water partition coefficient (Wildman–Crippen LogP) is 1.67. The van der Waals surface area contributed by atoms with Crippen molar-refractivity contribution in [1.29, 1.82) is 0 Å². The van der Waals surface area contributed by atoms with Crippen LogP contribution in [0.15, 0.2) is 24.3 Å². The number of benzene rings is 1. The van der Waals surface area contributed by atoms with Gasteiger partial charge in [-0.25, -0.2) is 13.2 Å². The Morgan fingerprint density at radius 3 is 2.25 bits per heavy atom. The monoisotopic (exact) mass is 299 g/mol. The summed E-state index contributed by atoms with van der Waals surface area (Å²) in [7, 11) is -1.45. The van der Waals surface area contributed by atoms with Crippen molar-refractivity contribution < 1.29 is 13.2 Å². The number of rotatable bonds is 6. The van der Waals surface area contributed by atoms with Crippen molar-refractivity contribution in [2.45, 2.75) is 19.9 Å². The van der Waals surface area contributed by atoms with E-state index >= 15 is 0 Å². The lowest BCUT2D eigenvalue weighted by Crippen LogP contribution is -2.26. The Morgan fingerprint density at radius 2 is 1.75 bits per heavy atom. The van der Waals surface area contributed by atoms with Gasteiger partial charge in [-0.2, -0.15) is 0 Å². The highest BCUT2D eigenvalue weighted by Crippen LogP contribution is 2.14. The second-order valence-corrected chi connectivity index (χ2v) is 6.92. The highest BCUT2D eigenvalue weighted by atomic mass is 32.2. The van der Waals surface area contributed by atoms with Crippen LogP contribution in [0.5, 0.6) is 0 Å². The third-order valence-electron chi connectivity index (χ3n) is 2.73. The molecule has 0 radical (unpaired) electrons. The predicted molar refractivity (Wildman–Crippen MR) is 81.9 cm³/mol. The van der Waals surface area contributed by atoms with Gasteiger partial charge >= 0.3 is 6.03 Å². The number of hydrogen-bond donors (Lipinski definition) is 3. The van der Waals surface area contributed by atoms with E-state index in [1.54, 1.807) is 38.2 Å². The van der Waals surface area contributed by atoms with Crippen molar-refractivity contribution in [1.82, 2.24) is 5.32 Å². The van der Waals surface area contributed by atoms with Gasteiger partial charge < -0.3 is 16.0 Å². The number of carbonyl (C=O) groups excluding carboxylic acids is 1. The van der Waals surface area contributed by atoms with Crippen LogP contribution in [-0.4, -0.2) is 39.0 Å². The van der Waals surface area contributed by atoms with E-state index in [9.17, 15) is 13.2 Å². The fraction of sp³-hybridized carbons (Fsp3) is 0.462. The standard InChI is InChI=1S/C13H21N3O3S/c1-4-20(18,19)9-10(2)15-11-5-7-12(8-6-11)16-13(17)14-3/h5-8,10,15H,4,9H2,1-3H3,(H2,14,16,17). The topological polar surface area (TPSA) is 87.3 Å². The Labute approximate surface area is 119 Å². The fourth-order valence-electron chi connectivity index (χ4n) is 1.67. The van der Waals surface area contributed by atoms with E-state index in [4.69, 9.17) is 0 Å². The largest absolute Gasteiger partial charge is 0.382 e. The molecule has 0 bridgehead atoms. The summed E-state index contributed by atoms with van der Waals surface area (Å²) in [6, 6.07) is 6.63. The molecule has 0 heterocycles. The first-order valence-corrected chi connectivity index (χ1v) is 8.24. The molecule has 6 nitrogen and oxygen atoms in total. The maximum absolute atomic E-state index is 11.5. The molecule has 2 amide bonds. The van der Waals surface area contributed by atoms with Crippen molar-refractivity contribution in [3.05, 3.63) is 24.3 Å². The molecule has 1 aromatic carbocycles. The summed E-state index contributed by atoms with van der Waals surface area (Å²) in [6.45, 7) is 3.46. The van der Waals surface area contributed by atoms with Crippen LogP contribution in [-0.2, 0) is 9.84 Å². The molecular weight excluding hydrogens is 278 g/mol. The Bertz CT molecular complexity index is 540. The summed E-state index contributed by atoms with van der Waals surface area (Å²) in [4.78, 5) is 11.1. The molecule has 112 valence electrons.